The minimum Gasteiger partial charge on any atom is -0.0654 e. The molecule has 0 amide bonds. The third-order valence-electron chi connectivity index (χ3n) is 4.72. The van der Waals surface area contributed by atoms with Crippen molar-refractivity contribution < 1.29 is 0 Å². The summed E-state index contributed by atoms with van der Waals surface area (Å²) >= 11 is 0. The van der Waals surface area contributed by atoms with Crippen molar-refractivity contribution in [1.29, 1.82) is 0 Å². The molecule has 0 heteroatoms. The van der Waals surface area contributed by atoms with Gasteiger partial charge in [-0.25, -0.2) is 0 Å². The molecule has 1 saturated carbocycles. The van der Waals surface area contributed by atoms with Gasteiger partial charge in [0, 0.05) is 0 Å². The van der Waals surface area contributed by atoms with Crippen molar-refractivity contribution in [2.45, 2.75) is 97.3 Å². The summed E-state index contributed by atoms with van der Waals surface area (Å²) in [6.45, 7) is 4.80. The zero-order valence-electron chi connectivity index (χ0n) is 12.3. The number of hydrogen-bond donors (Lipinski definition) is 0. The molecule has 1 aliphatic carbocycles. The lowest BCUT2D eigenvalue weighted by Gasteiger charge is -2.27. The molecule has 1 rings (SSSR count). The van der Waals surface area contributed by atoms with Gasteiger partial charge in [0.2, 0.25) is 0 Å². The highest BCUT2D eigenvalue weighted by molar-refractivity contribution is 4.71. The van der Waals surface area contributed by atoms with Crippen LogP contribution in [0.15, 0.2) is 0 Å². The standard InChI is InChI=1S/C17H34/c1-3-4-5-6-7-8-10-13-16(2)17-14-11-9-12-15-17/h16-17H,3-15H2,1-2H3. The van der Waals surface area contributed by atoms with Crippen molar-refractivity contribution in [3.63, 3.8) is 0 Å². The van der Waals surface area contributed by atoms with Crippen molar-refractivity contribution in [3.05, 3.63) is 0 Å². The van der Waals surface area contributed by atoms with Crippen molar-refractivity contribution >= 4 is 0 Å². The Balaban J connectivity index is 1.90. The Morgan fingerprint density at radius 2 is 1.41 bits per heavy atom. The van der Waals surface area contributed by atoms with Crippen molar-refractivity contribution in [2.24, 2.45) is 11.8 Å². The molecule has 0 spiro atoms. The molecule has 0 nitrogen and oxygen atoms in total. The van der Waals surface area contributed by atoms with E-state index >= 15 is 0 Å². The average molecular weight is 238 g/mol. The maximum Gasteiger partial charge on any atom is -0.0388 e. The predicted octanol–water partition coefficient (Wildman–Crippen LogP) is 6.34. The van der Waals surface area contributed by atoms with Crippen LogP contribution in [0, 0.1) is 11.8 Å². The first-order valence-electron chi connectivity index (χ1n) is 8.34. The van der Waals surface area contributed by atoms with E-state index in [4.69, 9.17) is 0 Å². The summed E-state index contributed by atoms with van der Waals surface area (Å²) in [6, 6.07) is 0. The predicted molar refractivity (Wildman–Crippen MR) is 78.3 cm³/mol. The van der Waals surface area contributed by atoms with Gasteiger partial charge in [-0.3, -0.25) is 0 Å². The summed E-state index contributed by atoms with van der Waals surface area (Å²) in [7, 11) is 0. The fourth-order valence-corrected chi connectivity index (χ4v) is 3.36. The quantitative estimate of drug-likeness (QED) is 0.411. The molecule has 0 N–H and O–H groups in total. The van der Waals surface area contributed by atoms with E-state index in [9.17, 15) is 0 Å². The first kappa shape index (κ1) is 15.1. The summed E-state index contributed by atoms with van der Waals surface area (Å²) in [5.41, 5.74) is 0. The van der Waals surface area contributed by atoms with E-state index in [0.29, 0.717) is 0 Å². The molecule has 102 valence electrons. The molecule has 1 atom stereocenters. The molecule has 0 aliphatic heterocycles. The van der Waals surface area contributed by atoms with Crippen molar-refractivity contribution in [3.8, 4) is 0 Å². The molecule has 0 aromatic rings. The van der Waals surface area contributed by atoms with Gasteiger partial charge in [-0.2, -0.15) is 0 Å². The maximum absolute atomic E-state index is 2.51. The van der Waals surface area contributed by atoms with Crippen molar-refractivity contribution in [2.75, 3.05) is 0 Å². The van der Waals surface area contributed by atoms with E-state index in [2.05, 4.69) is 13.8 Å². The third kappa shape index (κ3) is 7.11. The Hall–Kier alpha value is 0. The summed E-state index contributed by atoms with van der Waals surface area (Å²) in [5, 5.41) is 0. The van der Waals surface area contributed by atoms with Gasteiger partial charge in [0.05, 0.1) is 0 Å². The smallest absolute Gasteiger partial charge is 0.0388 e. The largest absolute Gasteiger partial charge is 0.0654 e. The Morgan fingerprint density at radius 3 is 2.06 bits per heavy atom. The lowest BCUT2D eigenvalue weighted by Crippen LogP contribution is -2.15. The molecule has 1 fully saturated rings. The van der Waals surface area contributed by atoms with Crippen LogP contribution in [0.4, 0.5) is 0 Å². The van der Waals surface area contributed by atoms with E-state index in [-0.39, 0.29) is 0 Å². The highest BCUT2D eigenvalue weighted by Gasteiger charge is 2.19. The van der Waals surface area contributed by atoms with Gasteiger partial charge in [-0.1, -0.05) is 97.3 Å². The second kappa shape index (κ2) is 9.97. The third-order valence-corrected chi connectivity index (χ3v) is 4.72. The molecule has 0 radical (unpaired) electrons. The van der Waals surface area contributed by atoms with Crippen LogP contribution >= 0.6 is 0 Å². The molecule has 17 heavy (non-hydrogen) atoms. The highest BCUT2D eigenvalue weighted by atomic mass is 14.2. The van der Waals surface area contributed by atoms with Crippen LogP contribution < -0.4 is 0 Å². The molecule has 0 saturated heterocycles. The van der Waals surface area contributed by atoms with Crippen LogP contribution in [0.5, 0.6) is 0 Å². The normalized spacial score (nSPS) is 19.4. The summed E-state index contributed by atoms with van der Waals surface area (Å²) in [4.78, 5) is 0. The van der Waals surface area contributed by atoms with Crippen molar-refractivity contribution in [1.82, 2.24) is 0 Å². The van der Waals surface area contributed by atoms with Crippen LogP contribution in [-0.2, 0) is 0 Å². The van der Waals surface area contributed by atoms with E-state index in [1.165, 1.54) is 83.5 Å². The number of hydrogen-bond acceptors (Lipinski definition) is 0. The summed E-state index contributed by atoms with van der Waals surface area (Å²) < 4.78 is 0. The fraction of sp³-hybridized carbons (Fsp3) is 1.00. The lowest BCUT2D eigenvalue weighted by atomic mass is 9.79. The van der Waals surface area contributed by atoms with Crippen LogP contribution in [0.3, 0.4) is 0 Å². The first-order valence-corrected chi connectivity index (χ1v) is 8.34. The number of unbranched alkanes of at least 4 members (excludes halogenated alkanes) is 6. The zero-order valence-corrected chi connectivity index (χ0v) is 12.3. The Kier molecular flexibility index (Phi) is 8.83. The Labute approximate surface area is 110 Å². The van der Waals surface area contributed by atoms with E-state index < -0.39 is 0 Å². The SMILES string of the molecule is CCCCCCCCCC(C)C1CCCCC1. The Bertz CT molecular complexity index is 155. The molecular formula is C17H34. The van der Waals surface area contributed by atoms with Gasteiger partial charge in [0.15, 0.2) is 0 Å². The van der Waals surface area contributed by atoms with E-state index in [1.807, 2.05) is 0 Å². The second-order valence-electron chi connectivity index (χ2n) is 6.29. The van der Waals surface area contributed by atoms with Crippen LogP contribution in [-0.4, -0.2) is 0 Å². The van der Waals surface area contributed by atoms with Gasteiger partial charge in [-0.15, -0.1) is 0 Å². The minimum atomic E-state index is 1.01. The Morgan fingerprint density at radius 1 is 0.824 bits per heavy atom. The molecular weight excluding hydrogens is 204 g/mol. The van der Waals surface area contributed by atoms with Gasteiger partial charge >= 0.3 is 0 Å². The monoisotopic (exact) mass is 238 g/mol. The highest BCUT2D eigenvalue weighted by Crippen LogP contribution is 2.32. The molecule has 1 unspecified atom stereocenters. The molecule has 0 bridgehead atoms. The van der Waals surface area contributed by atoms with E-state index in [1.54, 1.807) is 0 Å². The van der Waals surface area contributed by atoms with Gasteiger partial charge in [0.25, 0.3) is 0 Å². The maximum atomic E-state index is 2.51. The second-order valence-corrected chi connectivity index (χ2v) is 6.29. The van der Waals surface area contributed by atoms with Gasteiger partial charge < -0.3 is 0 Å². The summed E-state index contributed by atoms with van der Waals surface area (Å²) in [5.74, 6) is 2.08. The zero-order chi connectivity index (χ0) is 12.3. The molecule has 0 aromatic heterocycles. The fourth-order valence-electron chi connectivity index (χ4n) is 3.36. The number of rotatable bonds is 9. The van der Waals surface area contributed by atoms with Gasteiger partial charge in [0.1, 0.15) is 0 Å². The molecule has 0 aromatic carbocycles. The van der Waals surface area contributed by atoms with Crippen LogP contribution in [0.1, 0.15) is 97.3 Å². The minimum absolute atomic E-state index is 1.01. The summed E-state index contributed by atoms with van der Waals surface area (Å²) in [6.07, 6.45) is 19.3. The van der Waals surface area contributed by atoms with E-state index in [0.717, 1.165) is 11.8 Å². The topological polar surface area (TPSA) is 0 Å². The average Bonchev–Trinajstić information content (AvgIpc) is 2.38. The van der Waals surface area contributed by atoms with Crippen LogP contribution in [0.2, 0.25) is 0 Å². The van der Waals surface area contributed by atoms with Gasteiger partial charge in [-0.05, 0) is 11.8 Å². The molecule has 0 heterocycles. The lowest BCUT2D eigenvalue weighted by molar-refractivity contribution is 0.247. The first-order chi connectivity index (χ1) is 8.34. The van der Waals surface area contributed by atoms with Crippen LogP contribution in [0.25, 0.3) is 0 Å². The molecule has 1 aliphatic rings.